The zero-order valence-corrected chi connectivity index (χ0v) is 19.6. The van der Waals surface area contributed by atoms with Crippen molar-refractivity contribution in [2.24, 2.45) is 0 Å². The van der Waals surface area contributed by atoms with Gasteiger partial charge in [0.05, 0.1) is 27.0 Å². The predicted octanol–water partition coefficient (Wildman–Crippen LogP) is 4.93. The number of hydrogen-bond acceptors (Lipinski definition) is 8. The maximum atomic E-state index is 6.61. The molecule has 2 aliphatic heterocycles. The normalized spacial score (nSPS) is 18.2. The number of anilines is 1. The summed E-state index contributed by atoms with van der Waals surface area (Å²) in [7, 11) is 4.83. The maximum absolute atomic E-state index is 6.61. The van der Waals surface area contributed by atoms with Gasteiger partial charge in [-0.25, -0.2) is 4.68 Å². The quantitative estimate of drug-likeness (QED) is 0.440. The Morgan fingerprint density at radius 2 is 1.79 bits per heavy atom. The van der Waals surface area contributed by atoms with Gasteiger partial charge in [-0.2, -0.15) is 10.1 Å². The molecule has 2 atom stereocenters. The smallest absolute Gasteiger partial charge is 0.226 e. The summed E-state index contributed by atoms with van der Waals surface area (Å²) in [5, 5.41) is 10.1. The molecule has 0 spiro atoms. The molecule has 2 aromatic carbocycles. The van der Waals surface area contributed by atoms with E-state index in [4.69, 9.17) is 18.9 Å². The van der Waals surface area contributed by atoms with Crippen LogP contribution in [0.4, 0.5) is 5.95 Å². The fraction of sp³-hybridized carbons (Fsp3) is 0.200. The lowest BCUT2D eigenvalue weighted by molar-refractivity contribution is 0.226. The molecule has 0 saturated carbocycles. The highest BCUT2D eigenvalue weighted by Gasteiger charge is 2.41. The molecule has 172 valence electrons. The van der Waals surface area contributed by atoms with E-state index in [0.29, 0.717) is 23.2 Å². The Labute approximate surface area is 200 Å². The van der Waals surface area contributed by atoms with Crippen LogP contribution in [0, 0.1) is 0 Å². The van der Waals surface area contributed by atoms with Crippen LogP contribution in [0.2, 0.25) is 0 Å². The van der Waals surface area contributed by atoms with Crippen LogP contribution in [-0.2, 0) is 0 Å². The average molecular weight is 475 g/mol. The average Bonchev–Trinajstić information content (AvgIpc) is 3.58. The van der Waals surface area contributed by atoms with Gasteiger partial charge in [-0.1, -0.05) is 18.2 Å². The van der Waals surface area contributed by atoms with Gasteiger partial charge in [0, 0.05) is 16.0 Å². The number of nitrogens with one attached hydrogen (secondary N) is 1. The van der Waals surface area contributed by atoms with E-state index in [-0.39, 0.29) is 12.1 Å². The van der Waals surface area contributed by atoms with Crippen LogP contribution in [0.5, 0.6) is 23.0 Å². The number of ether oxygens (including phenoxy) is 4. The van der Waals surface area contributed by atoms with Crippen LogP contribution >= 0.6 is 11.3 Å². The Balaban J connectivity index is 1.64. The van der Waals surface area contributed by atoms with Crippen molar-refractivity contribution in [3.63, 3.8) is 0 Å². The Morgan fingerprint density at radius 1 is 1.00 bits per heavy atom. The number of rotatable bonds is 5. The first-order chi connectivity index (χ1) is 16.7. The number of methoxy groups -OCH3 is 3. The molecule has 0 bridgehead atoms. The summed E-state index contributed by atoms with van der Waals surface area (Å²) < 4.78 is 25.4. The zero-order valence-electron chi connectivity index (χ0n) is 18.8. The topological polar surface area (TPSA) is 79.7 Å². The summed E-state index contributed by atoms with van der Waals surface area (Å²) in [4.78, 5) is 5.59. The minimum absolute atomic E-state index is 0.307. The molecule has 2 aliphatic rings. The van der Waals surface area contributed by atoms with Gasteiger partial charge in [-0.3, -0.25) is 0 Å². The molecule has 4 heterocycles. The van der Waals surface area contributed by atoms with Crippen LogP contribution < -0.4 is 24.3 Å². The minimum atomic E-state index is -0.317. The summed E-state index contributed by atoms with van der Waals surface area (Å²) in [6, 6.07) is 15.8. The summed E-state index contributed by atoms with van der Waals surface area (Å²) in [5.74, 6) is 3.16. The van der Waals surface area contributed by atoms with E-state index in [0.717, 1.165) is 33.0 Å². The highest BCUT2D eigenvalue weighted by atomic mass is 32.1. The van der Waals surface area contributed by atoms with Gasteiger partial charge >= 0.3 is 0 Å². The second-order valence-corrected chi connectivity index (χ2v) is 8.83. The molecule has 0 radical (unpaired) electrons. The van der Waals surface area contributed by atoms with Crippen LogP contribution in [0.1, 0.15) is 28.1 Å². The van der Waals surface area contributed by atoms with Crippen molar-refractivity contribution in [1.29, 1.82) is 0 Å². The molecular weight excluding hydrogens is 452 g/mol. The van der Waals surface area contributed by atoms with Crippen LogP contribution in [0.3, 0.4) is 0 Å². The fourth-order valence-electron chi connectivity index (χ4n) is 4.68. The van der Waals surface area contributed by atoms with Gasteiger partial charge in [-0.05, 0) is 41.3 Å². The molecule has 0 saturated heterocycles. The van der Waals surface area contributed by atoms with E-state index >= 15 is 0 Å². The number of hydrogen-bond donors (Lipinski definition) is 1. The predicted molar refractivity (Wildman–Crippen MR) is 129 cm³/mol. The number of nitrogens with zero attached hydrogens (tertiary/aromatic N) is 3. The highest BCUT2D eigenvalue weighted by Crippen LogP contribution is 2.52. The van der Waals surface area contributed by atoms with Gasteiger partial charge in [0.1, 0.15) is 18.1 Å². The van der Waals surface area contributed by atoms with Crippen molar-refractivity contribution >= 4 is 23.0 Å². The lowest BCUT2D eigenvalue weighted by Gasteiger charge is -2.38. The van der Waals surface area contributed by atoms with E-state index in [2.05, 4.69) is 32.9 Å². The number of fused-ring (bicyclic) bond motifs is 3. The standard InChI is InChI=1S/C25H22N4O4S/c1-30-17-11-14(12-18(31-2)23(17)32-3)22-20-21(28-25-26-13-27-29(22)25)15-7-4-5-8-16(15)33-24(20)19-9-6-10-34-19/h4-13,22,24H,1-3H3,(H,26,27,28)/t22-,24+/m0/s1. The minimum Gasteiger partial charge on any atom is -0.493 e. The largest absolute Gasteiger partial charge is 0.493 e. The van der Waals surface area contributed by atoms with Gasteiger partial charge in [0.15, 0.2) is 17.6 Å². The second-order valence-electron chi connectivity index (χ2n) is 7.85. The fourth-order valence-corrected chi connectivity index (χ4v) is 5.45. The molecule has 1 N–H and O–H groups in total. The van der Waals surface area contributed by atoms with E-state index in [9.17, 15) is 0 Å². The van der Waals surface area contributed by atoms with Gasteiger partial charge in [0.2, 0.25) is 11.7 Å². The third-order valence-corrected chi connectivity index (χ3v) is 7.04. The van der Waals surface area contributed by atoms with Crippen molar-refractivity contribution in [1.82, 2.24) is 14.8 Å². The number of thiophene rings is 1. The van der Waals surface area contributed by atoms with Crippen LogP contribution in [0.25, 0.3) is 5.70 Å². The summed E-state index contributed by atoms with van der Waals surface area (Å²) >= 11 is 1.66. The Hall–Kier alpha value is -3.98. The Morgan fingerprint density at radius 3 is 2.50 bits per heavy atom. The third-order valence-electron chi connectivity index (χ3n) is 6.13. The Kier molecular flexibility index (Phi) is 4.91. The van der Waals surface area contributed by atoms with E-state index in [1.165, 1.54) is 0 Å². The molecule has 0 fully saturated rings. The summed E-state index contributed by atoms with van der Waals surface area (Å²) in [5.41, 5.74) is 3.91. The van der Waals surface area contributed by atoms with Gasteiger partial charge in [0.25, 0.3) is 0 Å². The Bertz CT molecular complexity index is 1370. The van der Waals surface area contributed by atoms with E-state index in [1.54, 1.807) is 39.0 Å². The first kappa shape index (κ1) is 20.6. The van der Waals surface area contributed by atoms with Crippen molar-refractivity contribution < 1.29 is 18.9 Å². The summed E-state index contributed by atoms with van der Waals surface area (Å²) in [6.07, 6.45) is 1.25. The number of aromatic nitrogens is 3. The molecule has 6 rings (SSSR count). The molecule has 8 nitrogen and oxygen atoms in total. The van der Waals surface area contributed by atoms with Crippen LogP contribution in [0.15, 0.2) is 65.8 Å². The third kappa shape index (κ3) is 3.04. The maximum Gasteiger partial charge on any atom is 0.226 e. The van der Waals surface area contributed by atoms with Crippen molar-refractivity contribution in [2.75, 3.05) is 26.6 Å². The molecule has 2 aromatic heterocycles. The molecule has 0 amide bonds. The lowest BCUT2D eigenvalue weighted by atomic mass is 9.86. The molecule has 0 unspecified atom stereocenters. The van der Waals surface area contributed by atoms with Crippen LogP contribution in [-0.4, -0.2) is 36.1 Å². The first-order valence-corrected chi connectivity index (χ1v) is 11.6. The SMILES string of the molecule is COc1cc([C@H]2C3=C(Nc4ncnn42)c2ccccc2O[C@@H]3c2cccs2)cc(OC)c1OC. The number of benzene rings is 2. The monoisotopic (exact) mass is 474 g/mol. The number of para-hydroxylation sites is 1. The second kappa shape index (κ2) is 8.11. The van der Waals surface area contributed by atoms with E-state index < -0.39 is 0 Å². The molecule has 34 heavy (non-hydrogen) atoms. The van der Waals surface area contributed by atoms with E-state index in [1.807, 2.05) is 41.1 Å². The first-order valence-electron chi connectivity index (χ1n) is 10.7. The molecule has 0 aliphatic carbocycles. The van der Waals surface area contributed by atoms with Gasteiger partial charge < -0.3 is 24.3 Å². The van der Waals surface area contributed by atoms with Gasteiger partial charge in [-0.15, -0.1) is 11.3 Å². The molecule has 4 aromatic rings. The molecular formula is C25H22N4O4S. The van der Waals surface area contributed by atoms with Crippen molar-refractivity contribution in [2.45, 2.75) is 12.1 Å². The lowest BCUT2D eigenvalue weighted by Crippen LogP contribution is -2.32. The zero-order chi connectivity index (χ0) is 23.2. The highest BCUT2D eigenvalue weighted by molar-refractivity contribution is 7.10. The van der Waals surface area contributed by atoms with Crippen molar-refractivity contribution in [3.05, 3.63) is 81.8 Å². The van der Waals surface area contributed by atoms with Crippen molar-refractivity contribution in [3.8, 4) is 23.0 Å². The molecule has 9 heteroatoms. The summed E-state index contributed by atoms with van der Waals surface area (Å²) in [6.45, 7) is 0.